The molecule has 1 N–H and O–H groups in total. The van der Waals surface area contributed by atoms with Gasteiger partial charge in [0.05, 0.1) is 5.69 Å². The average Bonchev–Trinajstić information content (AvgIpc) is 3.25. The van der Waals surface area contributed by atoms with Crippen LogP contribution >= 0.6 is 15.9 Å². The average molecular weight is 612 g/mol. The van der Waals surface area contributed by atoms with Crippen LogP contribution in [0.15, 0.2) is 65.7 Å². The highest BCUT2D eigenvalue weighted by atomic mass is 79.9. The molecule has 41 heavy (non-hydrogen) atoms. The first-order valence-corrected chi connectivity index (χ1v) is 14.3. The number of rotatable bonds is 6. The Labute approximate surface area is 243 Å². The quantitative estimate of drug-likeness (QED) is 0.221. The van der Waals surface area contributed by atoms with E-state index >= 15 is 0 Å². The minimum Gasteiger partial charge on any atom is -0.337 e. The first-order valence-electron chi connectivity index (χ1n) is 13.5. The van der Waals surface area contributed by atoms with Crippen molar-refractivity contribution in [2.75, 3.05) is 5.32 Å². The first-order chi connectivity index (χ1) is 19.7. The van der Waals surface area contributed by atoms with Crippen molar-refractivity contribution in [2.24, 2.45) is 5.92 Å². The van der Waals surface area contributed by atoms with E-state index < -0.39 is 6.04 Å². The van der Waals surface area contributed by atoms with Crippen molar-refractivity contribution in [1.29, 1.82) is 0 Å². The fourth-order valence-electron chi connectivity index (χ4n) is 6.00. The van der Waals surface area contributed by atoms with Gasteiger partial charge in [0.1, 0.15) is 23.0 Å². The summed E-state index contributed by atoms with van der Waals surface area (Å²) in [5.74, 6) is 0.314. The number of Topliss-reactive ketones (excluding diaryl/α,β-unsaturated/α-hetero) is 1. The summed E-state index contributed by atoms with van der Waals surface area (Å²) in [7, 11) is 0. The lowest BCUT2D eigenvalue weighted by atomic mass is 10.0. The Hall–Kier alpha value is -4.38. The van der Waals surface area contributed by atoms with Gasteiger partial charge in [-0.05, 0) is 78.4 Å². The summed E-state index contributed by atoms with van der Waals surface area (Å²) >= 11 is 3.32. The third-order valence-corrected chi connectivity index (χ3v) is 8.44. The fraction of sp³-hybridized carbons (Fsp3) is 0.267. The number of anilines is 1. The van der Waals surface area contributed by atoms with Crippen molar-refractivity contribution in [1.82, 2.24) is 29.0 Å². The molecule has 0 spiro atoms. The summed E-state index contributed by atoms with van der Waals surface area (Å²) in [6.07, 6.45) is 7.00. The Morgan fingerprint density at radius 3 is 2.73 bits per heavy atom. The molecule has 0 radical (unpaired) electrons. The van der Waals surface area contributed by atoms with E-state index in [1.165, 1.54) is 6.92 Å². The molecule has 1 aliphatic carbocycles. The van der Waals surface area contributed by atoms with Gasteiger partial charge in [0.25, 0.3) is 0 Å². The number of benzene rings is 1. The Morgan fingerprint density at radius 1 is 1.07 bits per heavy atom. The molecule has 2 fully saturated rings. The molecule has 1 saturated carbocycles. The van der Waals surface area contributed by atoms with Crippen LogP contribution in [0.25, 0.3) is 27.7 Å². The molecule has 1 aliphatic heterocycles. The SMILES string of the molecule is CC(=O)c1cn(CC(=O)N2[C@@H]3C[C@@H]3C[C@H]2C(=O)Nc2cccc(Br)n2)c2ccc(-c3cnc4cc(C)nn4c3)cc12. The molecule has 7 rings (SSSR count). The van der Waals surface area contributed by atoms with Crippen molar-refractivity contribution >= 4 is 55.9 Å². The maximum atomic E-state index is 13.7. The maximum Gasteiger partial charge on any atom is 0.248 e. The highest BCUT2D eigenvalue weighted by molar-refractivity contribution is 9.10. The molecule has 0 bridgehead atoms. The normalized spacial score (nSPS) is 19.5. The second-order valence-electron chi connectivity index (χ2n) is 10.8. The number of halogens is 1. The number of amides is 2. The van der Waals surface area contributed by atoms with Gasteiger partial charge in [-0.15, -0.1) is 0 Å². The van der Waals surface area contributed by atoms with E-state index in [0.29, 0.717) is 28.3 Å². The second kappa shape index (κ2) is 9.62. The van der Waals surface area contributed by atoms with Crippen LogP contribution in [0.2, 0.25) is 0 Å². The molecule has 5 heterocycles. The maximum absolute atomic E-state index is 13.7. The molecular weight excluding hydrogens is 586 g/mol. The van der Waals surface area contributed by atoms with Crippen LogP contribution in [0, 0.1) is 12.8 Å². The molecule has 206 valence electrons. The number of carbonyl (C=O) groups excluding carboxylic acids is 3. The number of aromatic nitrogens is 5. The number of likely N-dealkylation sites (tertiary alicyclic amines) is 1. The van der Waals surface area contributed by atoms with Crippen molar-refractivity contribution in [3.8, 4) is 11.1 Å². The molecule has 10 nitrogen and oxygen atoms in total. The summed E-state index contributed by atoms with van der Waals surface area (Å²) in [6.45, 7) is 3.48. The molecule has 1 saturated heterocycles. The number of nitrogens with one attached hydrogen (secondary N) is 1. The minimum absolute atomic E-state index is 0.0331. The van der Waals surface area contributed by atoms with Crippen LogP contribution in [-0.4, -0.2) is 58.7 Å². The van der Waals surface area contributed by atoms with Gasteiger partial charge >= 0.3 is 0 Å². The van der Waals surface area contributed by atoms with Gasteiger partial charge < -0.3 is 14.8 Å². The summed E-state index contributed by atoms with van der Waals surface area (Å²) in [5.41, 5.74) is 4.73. The highest BCUT2D eigenvalue weighted by Gasteiger charge is 2.56. The van der Waals surface area contributed by atoms with E-state index in [0.717, 1.165) is 39.8 Å². The minimum atomic E-state index is -0.555. The lowest BCUT2D eigenvalue weighted by molar-refractivity contribution is -0.138. The van der Waals surface area contributed by atoms with Crippen molar-refractivity contribution in [3.05, 3.63) is 76.9 Å². The van der Waals surface area contributed by atoms with E-state index in [4.69, 9.17) is 0 Å². The Balaban J connectivity index is 1.17. The lowest BCUT2D eigenvalue weighted by Crippen LogP contribution is -2.46. The number of carbonyl (C=O) groups is 3. The van der Waals surface area contributed by atoms with Gasteiger partial charge in [-0.1, -0.05) is 12.1 Å². The number of fused-ring (bicyclic) bond motifs is 3. The zero-order valence-corrected chi connectivity index (χ0v) is 24.0. The lowest BCUT2D eigenvalue weighted by Gasteiger charge is -2.27. The molecular formula is C30H26BrN7O3. The second-order valence-corrected chi connectivity index (χ2v) is 11.7. The number of piperidine rings is 1. The molecule has 2 amide bonds. The zero-order valence-electron chi connectivity index (χ0n) is 22.4. The molecule has 4 aromatic heterocycles. The van der Waals surface area contributed by atoms with Gasteiger partial charge in [-0.3, -0.25) is 14.4 Å². The third kappa shape index (κ3) is 4.59. The molecule has 1 aromatic carbocycles. The van der Waals surface area contributed by atoms with Crippen LogP contribution in [0.1, 0.15) is 35.8 Å². The van der Waals surface area contributed by atoms with E-state index in [9.17, 15) is 14.4 Å². The van der Waals surface area contributed by atoms with E-state index in [2.05, 4.69) is 36.3 Å². The predicted octanol–water partition coefficient (Wildman–Crippen LogP) is 4.65. The third-order valence-electron chi connectivity index (χ3n) is 8.00. The Morgan fingerprint density at radius 2 is 1.93 bits per heavy atom. The number of hydrogen-bond acceptors (Lipinski definition) is 6. The summed E-state index contributed by atoms with van der Waals surface area (Å²) < 4.78 is 4.18. The van der Waals surface area contributed by atoms with Crippen LogP contribution in [0.4, 0.5) is 5.82 Å². The van der Waals surface area contributed by atoms with Crippen LogP contribution in [0.3, 0.4) is 0 Å². The van der Waals surface area contributed by atoms with Crippen LogP contribution in [0.5, 0.6) is 0 Å². The van der Waals surface area contributed by atoms with Gasteiger partial charge in [0.15, 0.2) is 11.4 Å². The number of hydrogen-bond donors (Lipinski definition) is 1. The molecule has 11 heteroatoms. The van der Waals surface area contributed by atoms with Crippen molar-refractivity contribution in [2.45, 2.75) is 45.3 Å². The molecule has 3 atom stereocenters. The van der Waals surface area contributed by atoms with Crippen LogP contribution < -0.4 is 5.32 Å². The molecule has 2 aliphatic rings. The van der Waals surface area contributed by atoms with Gasteiger partial charge in [-0.2, -0.15) is 5.10 Å². The van der Waals surface area contributed by atoms with Crippen molar-refractivity contribution in [3.63, 3.8) is 0 Å². The summed E-state index contributed by atoms with van der Waals surface area (Å²) in [5, 5.41) is 8.08. The standard InChI is InChI=1S/C30H26BrN7O3/c1-16-8-28-32-12-20(13-37(28)35-16)18-6-7-23-21(9-18)22(17(2)39)14-36(23)15-29(40)38-24-10-19(24)11-25(38)30(41)34-27-5-3-4-26(31)33-27/h3-9,12-14,19,24-25H,10-11,15H2,1-2H3,(H,33,34,41)/t19-,24-,25+/m1/s1. The van der Waals surface area contributed by atoms with E-state index in [1.54, 1.807) is 40.0 Å². The first kappa shape index (κ1) is 25.6. The smallest absolute Gasteiger partial charge is 0.248 e. The summed E-state index contributed by atoms with van der Waals surface area (Å²) in [6, 6.07) is 12.6. The van der Waals surface area contributed by atoms with Gasteiger partial charge in [0, 0.05) is 52.7 Å². The highest BCUT2D eigenvalue weighted by Crippen LogP contribution is 2.48. The van der Waals surface area contributed by atoms with Crippen LogP contribution in [-0.2, 0) is 16.1 Å². The number of nitrogens with zero attached hydrogens (tertiary/aromatic N) is 6. The monoisotopic (exact) mass is 611 g/mol. The van der Waals surface area contributed by atoms with E-state index in [1.807, 2.05) is 42.0 Å². The number of aryl methyl sites for hydroxylation is 1. The predicted molar refractivity (Wildman–Crippen MR) is 156 cm³/mol. The molecule has 5 aromatic rings. The topological polar surface area (TPSA) is 114 Å². The number of pyridine rings is 1. The molecule has 0 unspecified atom stereocenters. The van der Waals surface area contributed by atoms with Crippen molar-refractivity contribution < 1.29 is 14.4 Å². The van der Waals surface area contributed by atoms with Gasteiger partial charge in [0.2, 0.25) is 11.8 Å². The largest absolute Gasteiger partial charge is 0.337 e. The zero-order chi connectivity index (χ0) is 28.4. The fourth-order valence-corrected chi connectivity index (χ4v) is 6.34. The van der Waals surface area contributed by atoms with E-state index in [-0.39, 0.29) is 30.2 Å². The number of ketones is 1. The summed E-state index contributed by atoms with van der Waals surface area (Å²) in [4.78, 5) is 50.1. The Bertz CT molecular complexity index is 1890. The van der Waals surface area contributed by atoms with Gasteiger partial charge in [-0.25, -0.2) is 14.5 Å². The Kier molecular flexibility index (Phi) is 6.00.